The van der Waals surface area contributed by atoms with Crippen molar-refractivity contribution >= 4 is 5.91 Å². The van der Waals surface area contributed by atoms with Gasteiger partial charge in [0.1, 0.15) is 0 Å². The molecule has 0 heterocycles. The zero-order valence-corrected chi connectivity index (χ0v) is 6.85. The molecule has 0 aliphatic rings. The van der Waals surface area contributed by atoms with Gasteiger partial charge >= 0.3 is 0 Å². The molecule has 0 aliphatic carbocycles. The van der Waals surface area contributed by atoms with Crippen molar-refractivity contribution in [2.45, 2.75) is 26.3 Å². The highest BCUT2D eigenvalue weighted by Crippen LogP contribution is 2.04. The normalized spacial score (nSPS) is 16.0. The zero-order valence-electron chi connectivity index (χ0n) is 6.85. The molecule has 0 aromatic heterocycles. The third kappa shape index (κ3) is 3.45. The molecule has 3 nitrogen and oxygen atoms in total. The monoisotopic (exact) mass is 144 g/mol. The van der Waals surface area contributed by atoms with Crippen LogP contribution in [0.1, 0.15) is 20.3 Å². The van der Waals surface area contributed by atoms with Crippen LogP contribution in [0.3, 0.4) is 0 Å². The van der Waals surface area contributed by atoms with Crippen LogP contribution in [0.2, 0.25) is 0 Å². The van der Waals surface area contributed by atoms with Crippen LogP contribution in [-0.4, -0.2) is 19.0 Å². The maximum atomic E-state index is 10.8. The highest BCUT2D eigenvalue weighted by molar-refractivity contribution is 5.75. The maximum Gasteiger partial charge on any atom is 0.220 e. The van der Waals surface area contributed by atoms with Crippen LogP contribution in [0.25, 0.3) is 0 Å². The van der Waals surface area contributed by atoms with Gasteiger partial charge in [0.15, 0.2) is 0 Å². The van der Waals surface area contributed by atoms with Gasteiger partial charge in [-0.2, -0.15) is 0 Å². The van der Waals surface area contributed by atoms with E-state index in [1.165, 1.54) is 0 Å². The van der Waals surface area contributed by atoms with Gasteiger partial charge in [-0.3, -0.25) is 4.79 Å². The number of carbonyl (C=O) groups is 1. The van der Waals surface area contributed by atoms with Gasteiger partial charge in [-0.15, -0.1) is 0 Å². The van der Waals surface area contributed by atoms with Crippen LogP contribution in [0, 0.1) is 5.92 Å². The summed E-state index contributed by atoms with van der Waals surface area (Å²) >= 11 is 0. The van der Waals surface area contributed by atoms with E-state index >= 15 is 0 Å². The smallest absolute Gasteiger partial charge is 0.220 e. The van der Waals surface area contributed by atoms with E-state index < -0.39 is 0 Å². The number of nitrogens with one attached hydrogen (secondary N) is 1. The van der Waals surface area contributed by atoms with Gasteiger partial charge in [-0.05, 0) is 12.8 Å². The zero-order chi connectivity index (χ0) is 8.15. The number of carbonyl (C=O) groups excluding carboxylic acids is 1. The van der Waals surface area contributed by atoms with Crippen molar-refractivity contribution in [2.75, 3.05) is 7.05 Å². The summed E-state index contributed by atoms with van der Waals surface area (Å²) in [5.74, 6) is 0.324. The fraction of sp³-hybridized carbons (Fsp3) is 0.857. The van der Waals surface area contributed by atoms with E-state index in [2.05, 4.69) is 5.32 Å². The van der Waals surface area contributed by atoms with Crippen molar-refractivity contribution in [1.82, 2.24) is 5.32 Å². The average Bonchev–Trinajstić information content (AvgIpc) is 1.87. The van der Waals surface area contributed by atoms with Gasteiger partial charge in [-0.25, -0.2) is 0 Å². The first-order chi connectivity index (χ1) is 4.57. The van der Waals surface area contributed by atoms with Crippen LogP contribution in [0.15, 0.2) is 0 Å². The van der Waals surface area contributed by atoms with Crippen molar-refractivity contribution in [3.8, 4) is 0 Å². The Morgan fingerprint density at radius 3 is 2.40 bits per heavy atom. The molecule has 0 saturated heterocycles. The highest BCUT2D eigenvalue weighted by Gasteiger charge is 2.10. The van der Waals surface area contributed by atoms with Crippen molar-refractivity contribution in [1.29, 1.82) is 0 Å². The standard InChI is InChI=1S/C7H16N2O/c1-5(6(2)8)4-7(10)9-3/h5-6H,4,8H2,1-3H3,(H,9,10)/t5-,6+/m1/s1. The Morgan fingerprint density at radius 2 is 2.10 bits per heavy atom. The Balaban J connectivity index is 3.57. The molecule has 0 fully saturated rings. The van der Waals surface area contributed by atoms with E-state index in [9.17, 15) is 4.79 Å². The summed E-state index contributed by atoms with van der Waals surface area (Å²) in [4.78, 5) is 10.8. The van der Waals surface area contributed by atoms with Gasteiger partial charge in [0, 0.05) is 19.5 Å². The lowest BCUT2D eigenvalue weighted by molar-refractivity contribution is -0.121. The minimum Gasteiger partial charge on any atom is -0.359 e. The summed E-state index contributed by atoms with van der Waals surface area (Å²) in [5, 5.41) is 2.56. The third-order valence-corrected chi connectivity index (χ3v) is 1.68. The third-order valence-electron chi connectivity index (χ3n) is 1.68. The van der Waals surface area contributed by atoms with Gasteiger partial charge < -0.3 is 11.1 Å². The number of amides is 1. The number of rotatable bonds is 3. The molecule has 2 atom stereocenters. The molecule has 0 aliphatic heterocycles. The molecule has 10 heavy (non-hydrogen) atoms. The summed E-state index contributed by atoms with van der Waals surface area (Å²) in [7, 11) is 1.64. The Bertz CT molecular complexity index is 112. The summed E-state index contributed by atoms with van der Waals surface area (Å²) in [5.41, 5.74) is 5.56. The molecule has 0 aromatic carbocycles. The first-order valence-corrected chi connectivity index (χ1v) is 3.54. The van der Waals surface area contributed by atoms with Gasteiger partial charge in [-0.1, -0.05) is 6.92 Å². The fourth-order valence-corrected chi connectivity index (χ4v) is 0.580. The molecule has 0 radical (unpaired) electrons. The van der Waals surface area contributed by atoms with Crippen molar-refractivity contribution < 1.29 is 4.79 Å². The van der Waals surface area contributed by atoms with E-state index in [-0.39, 0.29) is 17.9 Å². The predicted molar refractivity (Wildman–Crippen MR) is 41.5 cm³/mol. The van der Waals surface area contributed by atoms with Crippen LogP contribution < -0.4 is 11.1 Å². The Morgan fingerprint density at radius 1 is 1.60 bits per heavy atom. The minimum atomic E-state index is 0.0600. The van der Waals surface area contributed by atoms with E-state index in [4.69, 9.17) is 5.73 Å². The summed E-state index contributed by atoms with van der Waals surface area (Å²) < 4.78 is 0. The fourth-order valence-electron chi connectivity index (χ4n) is 0.580. The van der Waals surface area contributed by atoms with Crippen LogP contribution in [0.5, 0.6) is 0 Å². The molecule has 3 N–H and O–H groups in total. The van der Waals surface area contributed by atoms with E-state index in [1.807, 2.05) is 13.8 Å². The molecular formula is C7H16N2O. The number of hydrogen-bond acceptors (Lipinski definition) is 2. The molecule has 0 spiro atoms. The Hall–Kier alpha value is -0.570. The number of hydrogen-bond donors (Lipinski definition) is 2. The quantitative estimate of drug-likeness (QED) is 0.590. The molecule has 0 unspecified atom stereocenters. The van der Waals surface area contributed by atoms with Gasteiger partial charge in [0.25, 0.3) is 0 Å². The van der Waals surface area contributed by atoms with Crippen LogP contribution in [0.4, 0.5) is 0 Å². The number of nitrogens with two attached hydrogens (primary N) is 1. The summed E-state index contributed by atoms with van der Waals surface area (Å²) in [6.45, 7) is 3.88. The van der Waals surface area contributed by atoms with Crippen LogP contribution in [-0.2, 0) is 4.79 Å². The van der Waals surface area contributed by atoms with Crippen molar-refractivity contribution in [3.63, 3.8) is 0 Å². The second kappa shape index (κ2) is 4.28. The van der Waals surface area contributed by atoms with E-state index in [1.54, 1.807) is 7.05 Å². The first-order valence-electron chi connectivity index (χ1n) is 3.54. The van der Waals surface area contributed by atoms with Gasteiger partial charge in [0.05, 0.1) is 0 Å². The molecule has 60 valence electrons. The summed E-state index contributed by atoms with van der Waals surface area (Å²) in [6.07, 6.45) is 0.522. The lowest BCUT2D eigenvalue weighted by Crippen LogP contribution is -2.29. The van der Waals surface area contributed by atoms with Gasteiger partial charge in [0.2, 0.25) is 5.91 Å². The second-order valence-corrected chi connectivity index (χ2v) is 2.71. The maximum absolute atomic E-state index is 10.8. The second-order valence-electron chi connectivity index (χ2n) is 2.71. The van der Waals surface area contributed by atoms with E-state index in [0.29, 0.717) is 6.42 Å². The predicted octanol–water partition coefficient (Wildman–Crippen LogP) is 0.106. The molecule has 0 bridgehead atoms. The Kier molecular flexibility index (Phi) is 4.03. The SMILES string of the molecule is CNC(=O)C[C@@H](C)[C@H](C)N. The molecule has 0 rings (SSSR count). The summed E-state index contributed by atoms with van der Waals surface area (Å²) in [6, 6.07) is 0.0947. The lowest BCUT2D eigenvalue weighted by atomic mass is 10.0. The van der Waals surface area contributed by atoms with Crippen molar-refractivity contribution in [3.05, 3.63) is 0 Å². The molecule has 0 saturated carbocycles. The molecule has 3 heteroatoms. The topological polar surface area (TPSA) is 55.1 Å². The average molecular weight is 144 g/mol. The van der Waals surface area contributed by atoms with Crippen molar-refractivity contribution in [2.24, 2.45) is 11.7 Å². The largest absolute Gasteiger partial charge is 0.359 e. The Labute approximate surface area is 62.0 Å². The molecule has 0 aromatic rings. The highest BCUT2D eigenvalue weighted by atomic mass is 16.1. The van der Waals surface area contributed by atoms with Crippen LogP contribution >= 0.6 is 0 Å². The van der Waals surface area contributed by atoms with E-state index in [0.717, 1.165) is 0 Å². The molecular weight excluding hydrogens is 128 g/mol. The molecule has 1 amide bonds. The lowest BCUT2D eigenvalue weighted by Gasteiger charge is -2.13. The minimum absolute atomic E-state index is 0.0600. The first kappa shape index (κ1) is 9.43.